The van der Waals surface area contributed by atoms with Gasteiger partial charge in [-0.05, 0) is 24.2 Å². The summed E-state index contributed by atoms with van der Waals surface area (Å²) in [7, 11) is 0. The number of aliphatic hydroxyl groups is 1. The number of halogens is 1. The lowest BCUT2D eigenvalue weighted by Crippen LogP contribution is -2.20. The quantitative estimate of drug-likeness (QED) is 0.730. The second-order valence-electron chi connectivity index (χ2n) is 4.27. The van der Waals surface area contributed by atoms with Crippen LogP contribution in [0.5, 0.6) is 0 Å². The molecule has 0 fully saturated rings. The zero-order chi connectivity index (χ0) is 9.02. The monoisotopic (exact) mass is 194 g/mol. The molecule has 2 heteroatoms. The zero-order valence-corrected chi connectivity index (χ0v) is 9.69. The van der Waals surface area contributed by atoms with Crippen LogP contribution in [0.4, 0.5) is 0 Å². The predicted molar refractivity (Wildman–Crippen MR) is 56.7 cm³/mol. The number of hydrogen-bond donors (Lipinski definition) is 1. The third-order valence-electron chi connectivity index (χ3n) is 2.52. The molecule has 2 unspecified atom stereocenters. The van der Waals surface area contributed by atoms with Crippen LogP contribution in [0.1, 0.15) is 41.0 Å². The fourth-order valence-corrected chi connectivity index (χ4v) is 0.925. The summed E-state index contributed by atoms with van der Waals surface area (Å²) < 4.78 is 0. The minimum Gasteiger partial charge on any atom is -0.393 e. The van der Waals surface area contributed by atoms with Crippen molar-refractivity contribution in [2.75, 3.05) is 0 Å². The molecule has 0 spiro atoms. The van der Waals surface area contributed by atoms with Crippen LogP contribution in [-0.2, 0) is 0 Å². The van der Waals surface area contributed by atoms with E-state index >= 15 is 0 Å². The van der Waals surface area contributed by atoms with Gasteiger partial charge in [0.2, 0.25) is 0 Å². The van der Waals surface area contributed by atoms with Gasteiger partial charge in [-0.2, -0.15) is 0 Å². The fraction of sp³-hybridized carbons (Fsp3) is 1.00. The lowest BCUT2D eigenvalue weighted by molar-refractivity contribution is 0.0914. The van der Waals surface area contributed by atoms with E-state index in [1.807, 2.05) is 0 Å². The molecule has 0 aromatic rings. The maximum atomic E-state index is 9.55. The van der Waals surface area contributed by atoms with Gasteiger partial charge in [-0.15, -0.1) is 12.4 Å². The molecule has 0 amide bonds. The van der Waals surface area contributed by atoms with E-state index in [4.69, 9.17) is 0 Å². The van der Waals surface area contributed by atoms with E-state index in [9.17, 15) is 5.11 Å². The summed E-state index contributed by atoms with van der Waals surface area (Å²) >= 11 is 0. The molecule has 0 aliphatic carbocycles. The smallest absolute Gasteiger partial charge is 0.0565 e. The fourth-order valence-electron chi connectivity index (χ4n) is 0.925. The van der Waals surface area contributed by atoms with Gasteiger partial charge in [-0.25, -0.2) is 0 Å². The van der Waals surface area contributed by atoms with E-state index in [0.29, 0.717) is 17.8 Å². The molecule has 1 N–H and O–H groups in total. The van der Waals surface area contributed by atoms with Crippen LogP contribution in [-0.4, -0.2) is 11.2 Å². The van der Waals surface area contributed by atoms with Crippen LogP contribution >= 0.6 is 12.4 Å². The summed E-state index contributed by atoms with van der Waals surface area (Å²) in [6.45, 7) is 10.8. The Morgan fingerprint density at radius 3 is 1.58 bits per heavy atom. The Morgan fingerprint density at radius 1 is 0.917 bits per heavy atom. The lowest BCUT2D eigenvalue weighted by Gasteiger charge is -2.21. The normalized spacial score (nSPS) is 16.0. The molecule has 0 aromatic heterocycles. The number of rotatable bonds is 4. The van der Waals surface area contributed by atoms with Gasteiger partial charge in [-0.1, -0.05) is 34.6 Å². The summed E-state index contributed by atoms with van der Waals surface area (Å²) in [6, 6.07) is 0. The Hall–Kier alpha value is 0.250. The van der Waals surface area contributed by atoms with Crippen LogP contribution in [0.25, 0.3) is 0 Å². The first-order valence-corrected chi connectivity index (χ1v) is 4.63. The minimum absolute atomic E-state index is 0. The second kappa shape index (κ2) is 6.73. The molecular weight excluding hydrogens is 172 g/mol. The van der Waals surface area contributed by atoms with E-state index in [2.05, 4.69) is 34.6 Å². The molecule has 0 aliphatic heterocycles. The summed E-state index contributed by atoms with van der Waals surface area (Å²) in [5, 5.41) is 9.55. The minimum atomic E-state index is -0.118. The van der Waals surface area contributed by atoms with Crippen molar-refractivity contribution in [3.8, 4) is 0 Å². The lowest BCUT2D eigenvalue weighted by atomic mass is 9.89. The Bertz CT molecular complexity index is 90.0. The summed E-state index contributed by atoms with van der Waals surface area (Å²) in [4.78, 5) is 0. The Balaban J connectivity index is 0. The van der Waals surface area contributed by atoms with Crippen molar-refractivity contribution in [1.82, 2.24) is 0 Å². The van der Waals surface area contributed by atoms with Gasteiger partial charge in [0.25, 0.3) is 0 Å². The molecule has 12 heavy (non-hydrogen) atoms. The van der Waals surface area contributed by atoms with E-state index in [-0.39, 0.29) is 18.5 Å². The molecule has 0 saturated heterocycles. The highest BCUT2D eigenvalue weighted by Crippen LogP contribution is 2.19. The second-order valence-corrected chi connectivity index (χ2v) is 4.27. The van der Waals surface area contributed by atoms with Crippen LogP contribution < -0.4 is 0 Å². The highest BCUT2D eigenvalue weighted by Gasteiger charge is 2.15. The maximum absolute atomic E-state index is 9.55. The van der Waals surface area contributed by atoms with Crippen molar-refractivity contribution in [1.29, 1.82) is 0 Å². The SMILES string of the molecule is CC(C)C(C)CC(O)C(C)C.Cl. The van der Waals surface area contributed by atoms with E-state index in [1.54, 1.807) is 0 Å². The van der Waals surface area contributed by atoms with Gasteiger partial charge < -0.3 is 5.11 Å². The molecule has 76 valence electrons. The van der Waals surface area contributed by atoms with E-state index in [0.717, 1.165) is 6.42 Å². The number of hydrogen-bond acceptors (Lipinski definition) is 1. The summed E-state index contributed by atoms with van der Waals surface area (Å²) in [5.74, 6) is 1.71. The van der Waals surface area contributed by atoms with Crippen LogP contribution in [0.15, 0.2) is 0 Å². The van der Waals surface area contributed by atoms with E-state index < -0.39 is 0 Å². The zero-order valence-electron chi connectivity index (χ0n) is 8.87. The van der Waals surface area contributed by atoms with Crippen LogP contribution in [0, 0.1) is 17.8 Å². The Kier molecular flexibility index (Phi) is 8.28. The van der Waals surface area contributed by atoms with Gasteiger partial charge in [-0.3, -0.25) is 0 Å². The van der Waals surface area contributed by atoms with Gasteiger partial charge in [0, 0.05) is 0 Å². The first kappa shape index (κ1) is 14.8. The van der Waals surface area contributed by atoms with Crippen molar-refractivity contribution in [3.63, 3.8) is 0 Å². The summed E-state index contributed by atoms with van der Waals surface area (Å²) in [6.07, 6.45) is 0.822. The summed E-state index contributed by atoms with van der Waals surface area (Å²) in [5.41, 5.74) is 0. The third-order valence-corrected chi connectivity index (χ3v) is 2.52. The highest BCUT2D eigenvalue weighted by molar-refractivity contribution is 5.85. The van der Waals surface area contributed by atoms with Gasteiger partial charge in [0.05, 0.1) is 6.10 Å². The van der Waals surface area contributed by atoms with Gasteiger partial charge in [0.15, 0.2) is 0 Å². The van der Waals surface area contributed by atoms with E-state index in [1.165, 1.54) is 0 Å². The largest absolute Gasteiger partial charge is 0.393 e. The highest BCUT2D eigenvalue weighted by atomic mass is 35.5. The van der Waals surface area contributed by atoms with Crippen molar-refractivity contribution >= 4 is 12.4 Å². The van der Waals surface area contributed by atoms with Gasteiger partial charge >= 0.3 is 0 Å². The average molecular weight is 195 g/mol. The van der Waals surface area contributed by atoms with Gasteiger partial charge in [0.1, 0.15) is 0 Å². The topological polar surface area (TPSA) is 20.2 Å². The Morgan fingerprint density at radius 2 is 1.33 bits per heavy atom. The molecule has 1 nitrogen and oxygen atoms in total. The standard InChI is InChI=1S/C10H22O.ClH/c1-7(2)9(5)6-10(11)8(3)4;/h7-11H,6H2,1-5H3;1H. The van der Waals surface area contributed by atoms with Crippen molar-refractivity contribution < 1.29 is 5.11 Å². The predicted octanol–water partition coefficient (Wildman–Crippen LogP) is 3.11. The molecular formula is C10H23ClO. The molecule has 0 aromatic carbocycles. The molecule has 0 heterocycles. The first-order chi connectivity index (χ1) is 4.95. The van der Waals surface area contributed by atoms with Crippen LogP contribution in [0.2, 0.25) is 0 Å². The first-order valence-electron chi connectivity index (χ1n) is 4.63. The maximum Gasteiger partial charge on any atom is 0.0565 e. The van der Waals surface area contributed by atoms with Crippen LogP contribution in [0.3, 0.4) is 0 Å². The van der Waals surface area contributed by atoms with Crippen molar-refractivity contribution in [2.45, 2.75) is 47.1 Å². The number of aliphatic hydroxyl groups excluding tert-OH is 1. The van der Waals surface area contributed by atoms with Crippen molar-refractivity contribution in [2.24, 2.45) is 17.8 Å². The average Bonchev–Trinajstić information content (AvgIpc) is 1.87. The molecule has 0 rings (SSSR count). The molecule has 2 atom stereocenters. The molecule has 0 aliphatic rings. The Labute approximate surface area is 83.0 Å². The molecule has 0 bridgehead atoms. The van der Waals surface area contributed by atoms with Crippen molar-refractivity contribution in [3.05, 3.63) is 0 Å². The molecule has 0 radical (unpaired) electrons. The third kappa shape index (κ3) is 5.84. The molecule has 0 saturated carbocycles.